The van der Waals surface area contributed by atoms with Crippen LogP contribution in [0.3, 0.4) is 0 Å². The number of rotatable bonds is 5. The Kier molecular flexibility index (Phi) is 16.9. The highest BCUT2D eigenvalue weighted by molar-refractivity contribution is 7.87. The molecule has 108 valence electrons. The molecular formula is C10H22N2O5S. The quantitative estimate of drug-likeness (QED) is 0.403. The summed E-state index contributed by atoms with van der Waals surface area (Å²) in [5.74, 6) is -1.84. The Hall–Kier alpha value is -1.22. The van der Waals surface area contributed by atoms with Crippen LogP contribution in [-0.2, 0) is 14.9 Å². The third-order valence-electron chi connectivity index (χ3n) is 1.39. The molecule has 7 nitrogen and oxygen atoms in total. The minimum absolute atomic E-state index is 0.256. The van der Waals surface area contributed by atoms with Crippen molar-refractivity contribution in [1.29, 1.82) is 0 Å². The molecule has 0 aromatic heterocycles. The van der Waals surface area contributed by atoms with Gasteiger partial charge in [0.25, 0.3) is 0 Å². The standard InChI is InChI=1S/C4H8O5S.2C3H7N/c1-2-3(4(5)6)10(7,8)9;2*1-2-3-4/h3H,2H2,1H3,(H,5,6)(H,7,8,9);2*2H,1,3-4H2. The molecule has 6 N–H and O–H groups in total. The zero-order chi connectivity index (χ0) is 15.2. The van der Waals surface area contributed by atoms with Gasteiger partial charge in [0.05, 0.1) is 24.3 Å². The molecule has 0 aromatic rings. The van der Waals surface area contributed by atoms with Gasteiger partial charge in [-0.15, -0.1) is 0 Å². The Morgan fingerprint density at radius 2 is 1.56 bits per heavy atom. The first-order valence-corrected chi connectivity index (χ1v) is 6.65. The normalized spacial score (nSPS) is 10.9. The number of carboxylic acids is 1. The van der Waals surface area contributed by atoms with Gasteiger partial charge in [0.15, 0.2) is 0 Å². The fourth-order valence-corrected chi connectivity index (χ4v) is 1.13. The largest absolute Gasteiger partial charge is 0.747 e. The highest BCUT2D eigenvalue weighted by atomic mass is 32.2. The minimum atomic E-state index is -4.73. The number of quaternary nitrogens is 2. The molecule has 0 aliphatic rings. The highest BCUT2D eigenvalue weighted by Crippen LogP contribution is 2.00. The van der Waals surface area contributed by atoms with E-state index >= 15 is 0 Å². The molecule has 0 aliphatic carbocycles. The Morgan fingerprint density at radius 1 is 1.28 bits per heavy atom. The summed E-state index contributed by atoms with van der Waals surface area (Å²) < 4.78 is 30.1. The summed E-state index contributed by atoms with van der Waals surface area (Å²) in [6.07, 6.45) is 3.27. The van der Waals surface area contributed by atoms with Crippen molar-refractivity contribution in [1.82, 2.24) is 0 Å². The van der Waals surface area contributed by atoms with Crippen LogP contribution in [0.2, 0.25) is 0 Å². The van der Waals surface area contributed by atoms with Gasteiger partial charge in [0.1, 0.15) is 10.1 Å². The van der Waals surface area contributed by atoms with E-state index in [0.29, 0.717) is 0 Å². The summed E-state index contributed by atoms with van der Waals surface area (Å²) in [6.45, 7) is 9.79. The van der Waals surface area contributed by atoms with Gasteiger partial charge >= 0.3 is 0 Å². The Balaban J connectivity index is -0.000000233. The lowest BCUT2D eigenvalue weighted by molar-refractivity contribution is -0.353. The summed E-state index contributed by atoms with van der Waals surface area (Å²) in [4.78, 5) is 9.89. The SMILES string of the molecule is C=CC[NH3+].C=CC[NH3+].CCC(C(=O)[O-])S(=O)(=O)[O-]. The van der Waals surface area contributed by atoms with Gasteiger partial charge in [-0.25, -0.2) is 8.42 Å². The number of hydrogen-bond acceptors (Lipinski definition) is 5. The van der Waals surface area contributed by atoms with Gasteiger partial charge in [-0.3, -0.25) is 0 Å². The van der Waals surface area contributed by atoms with E-state index in [1.807, 2.05) is 0 Å². The average molecular weight is 282 g/mol. The average Bonchev–Trinajstić information content (AvgIpc) is 2.28. The predicted octanol–water partition coefficient (Wildman–Crippen LogP) is -3.11. The molecule has 0 aromatic carbocycles. The number of carboxylic acid groups (broad SMARTS) is 1. The van der Waals surface area contributed by atoms with E-state index in [2.05, 4.69) is 24.6 Å². The molecule has 0 aliphatic heterocycles. The molecule has 18 heavy (non-hydrogen) atoms. The number of carbonyl (C=O) groups is 1. The van der Waals surface area contributed by atoms with Gasteiger partial charge in [-0.1, -0.05) is 20.1 Å². The summed E-state index contributed by atoms with van der Waals surface area (Å²) in [6, 6.07) is 0. The summed E-state index contributed by atoms with van der Waals surface area (Å²) in [5, 5.41) is 7.98. The van der Waals surface area contributed by atoms with Crippen LogP contribution in [0.15, 0.2) is 25.3 Å². The van der Waals surface area contributed by atoms with Crippen molar-refractivity contribution in [3.8, 4) is 0 Å². The van der Waals surface area contributed by atoms with Crippen LogP contribution in [0.5, 0.6) is 0 Å². The molecule has 0 spiro atoms. The van der Waals surface area contributed by atoms with E-state index in [0.717, 1.165) is 13.1 Å². The Morgan fingerprint density at radius 3 is 1.56 bits per heavy atom. The predicted molar refractivity (Wildman–Crippen MR) is 64.7 cm³/mol. The third-order valence-corrected chi connectivity index (χ3v) is 2.61. The highest BCUT2D eigenvalue weighted by Gasteiger charge is 2.13. The van der Waals surface area contributed by atoms with Crippen molar-refractivity contribution in [2.75, 3.05) is 13.1 Å². The maximum atomic E-state index is 10.0. The molecule has 0 bridgehead atoms. The molecule has 0 heterocycles. The van der Waals surface area contributed by atoms with Crippen molar-refractivity contribution in [2.24, 2.45) is 0 Å². The Labute approximate surface area is 108 Å². The van der Waals surface area contributed by atoms with Gasteiger partial charge in [0, 0.05) is 0 Å². The third kappa shape index (κ3) is 17.2. The van der Waals surface area contributed by atoms with Crippen molar-refractivity contribution < 1.29 is 34.3 Å². The monoisotopic (exact) mass is 282 g/mol. The van der Waals surface area contributed by atoms with E-state index < -0.39 is 21.3 Å². The van der Waals surface area contributed by atoms with Crippen LogP contribution in [-0.4, -0.2) is 37.3 Å². The fraction of sp³-hybridized carbons (Fsp3) is 0.500. The molecule has 0 fully saturated rings. The maximum Gasteiger partial charge on any atom is 0.103 e. The lowest BCUT2D eigenvalue weighted by Crippen LogP contribution is -2.48. The second-order valence-electron chi connectivity index (χ2n) is 2.86. The van der Waals surface area contributed by atoms with E-state index in [4.69, 9.17) is 0 Å². The van der Waals surface area contributed by atoms with Gasteiger partial charge in [-0.2, -0.15) is 0 Å². The zero-order valence-electron chi connectivity index (χ0n) is 10.6. The van der Waals surface area contributed by atoms with E-state index in [-0.39, 0.29) is 6.42 Å². The van der Waals surface area contributed by atoms with E-state index in [1.165, 1.54) is 6.92 Å². The molecule has 8 heteroatoms. The molecule has 0 saturated carbocycles. The molecule has 1 atom stereocenters. The van der Waals surface area contributed by atoms with Crippen molar-refractivity contribution in [3.05, 3.63) is 25.3 Å². The van der Waals surface area contributed by atoms with Crippen LogP contribution in [0.25, 0.3) is 0 Å². The van der Waals surface area contributed by atoms with Crippen LogP contribution in [0.4, 0.5) is 0 Å². The molecular weight excluding hydrogens is 260 g/mol. The number of hydrogen-bond donors (Lipinski definition) is 2. The lowest BCUT2D eigenvalue weighted by atomic mass is 10.3. The molecule has 0 saturated heterocycles. The van der Waals surface area contributed by atoms with Crippen LogP contribution < -0.4 is 16.6 Å². The summed E-state index contributed by atoms with van der Waals surface area (Å²) >= 11 is 0. The van der Waals surface area contributed by atoms with Crippen molar-refractivity contribution >= 4 is 16.1 Å². The first-order chi connectivity index (χ1) is 8.22. The topological polar surface area (TPSA) is 153 Å². The second kappa shape index (κ2) is 13.8. The first kappa shape index (κ1) is 22.0. The van der Waals surface area contributed by atoms with Gasteiger partial charge < -0.3 is 25.9 Å². The second-order valence-corrected chi connectivity index (χ2v) is 4.42. The van der Waals surface area contributed by atoms with Crippen LogP contribution >= 0.6 is 0 Å². The number of carbonyl (C=O) groups excluding carboxylic acids is 1. The smallest absolute Gasteiger partial charge is 0.103 e. The minimum Gasteiger partial charge on any atom is -0.747 e. The van der Waals surface area contributed by atoms with E-state index in [1.54, 1.807) is 12.2 Å². The summed E-state index contributed by atoms with van der Waals surface area (Å²) in [7, 11) is -4.73. The van der Waals surface area contributed by atoms with E-state index in [9.17, 15) is 22.9 Å². The fourth-order valence-electron chi connectivity index (χ4n) is 0.489. The van der Waals surface area contributed by atoms with Crippen molar-refractivity contribution in [3.63, 3.8) is 0 Å². The molecule has 0 amide bonds. The Bertz CT molecular complexity index is 319. The summed E-state index contributed by atoms with van der Waals surface area (Å²) in [5.41, 5.74) is 6.97. The maximum absolute atomic E-state index is 10.0. The van der Waals surface area contributed by atoms with Crippen LogP contribution in [0, 0.1) is 0 Å². The first-order valence-electron chi connectivity index (χ1n) is 5.18. The van der Waals surface area contributed by atoms with Gasteiger partial charge in [-0.05, 0) is 18.6 Å². The van der Waals surface area contributed by atoms with Gasteiger partial charge in [0.2, 0.25) is 0 Å². The molecule has 1 unspecified atom stereocenters. The molecule has 0 rings (SSSR count). The zero-order valence-corrected chi connectivity index (χ0v) is 11.4. The van der Waals surface area contributed by atoms with Crippen molar-refractivity contribution in [2.45, 2.75) is 18.6 Å². The lowest BCUT2D eigenvalue weighted by Gasteiger charge is -2.18. The molecule has 0 radical (unpaired) electrons. The number of aliphatic carboxylic acids is 1. The van der Waals surface area contributed by atoms with Crippen LogP contribution in [0.1, 0.15) is 13.3 Å².